The van der Waals surface area contributed by atoms with Gasteiger partial charge in [-0.2, -0.15) is 0 Å². The molecule has 174 valence electrons. The Morgan fingerprint density at radius 3 is 2.45 bits per heavy atom. The number of methoxy groups -OCH3 is 1. The average Bonchev–Trinajstić information content (AvgIpc) is 3.36. The summed E-state index contributed by atoms with van der Waals surface area (Å²) in [5.74, 6) is -0.453. The van der Waals surface area contributed by atoms with Gasteiger partial charge in [-0.15, -0.1) is 11.3 Å². The molecule has 3 N–H and O–H groups in total. The molecular weight excluding hydrogens is 448 g/mol. The Kier molecular flexibility index (Phi) is 7.39. The van der Waals surface area contributed by atoms with Crippen LogP contribution in [0, 0.1) is 6.92 Å². The Labute approximate surface area is 194 Å². The highest BCUT2D eigenvalue weighted by Gasteiger charge is 2.27. The van der Waals surface area contributed by atoms with E-state index < -0.39 is 17.8 Å². The van der Waals surface area contributed by atoms with Crippen LogP contribution in [0.2, 0.25) is 0 Å². The number of hydrogen-bond acceptors (Lipinski definition) is 8. The number of primary amides is 1. The highest BCUT2D eigenvalue weighted by molar-refractivity contribution is 7.18. The van der Waals surface area contributed by atoms with Crippen LogP contribution < -0.4 is 20.5 Å². The number of benzene rings is 1. The molecule has 0 spiro atoms. The molecule has 0 saturated carbocycles. The third-order valence-corrected chi connectivity index (χ3v) is 5.69. The molecule has 2 amide bonds. The number of amides is 2. The fourth-order valence-electron chi connectivity index (χ4n) is 2.98. The maximum absolute atomic E-state index is 12.8. The molecule has 1 aromatic carbocycles. The van der Waals surface area contributed by atoms with Crippen LogP contribution in [0.15, 0.2) is 40.8 Å². The molecule has 9 nitrogen and oxygen atoms in total. The van der Waals surface area contributed by atoms with Crippen molar-refractivity contribution in [3.05, 3.63) is 63.9 Å². The number of nitrogens with two attached hydrogens (primary N) is 1. The first-order valence-electron chi connectivity index (χ1n) is 10.0. The lowest BCUT2D eigenvalue weighted by atomic mass is 10.1. The fraction of sp³-hybridized carbons (Fsp3) is 0.261. The molecule has 0 bridgehead atoms. The Morgan fingerprint density at radius 1 is 1.12 bits per heavy atom. The van der Waals surface area contributed by atoms with Crippen molar-refractivity contribution in [1.29, 1.82) is 0 Å². The Balaban J connectivity index is 1.76. The molecule has 0 aliphatic carbocycles. The summed E-state index contributed by atoms with van der Waals surface area (Å²) >= 11 is 0.903. The largest absolute Gasteiger partial charge is 0.493 e. The van der Waals surface area contributed by atoms with E-state index >= 15 is 0 Å². The van der Waals surface area contributed by atoms with E-state index in [4.69, 9.17) is 24.4 Å². The molecule has 0 aliphatic heterocycles. The molecule has 3 aromatic rings. The monoisotopic (exact) mass is 472 g/mol. The van der Waals surface area contributed by atoms with Gasteiger partial charge in [-0.05, 0) is 50.6 Å². The molecule has 33 heavy (non-hydrogen) atoms. The van der Waals surface area contributed by atoms with Gasteiger partial charge in [-0.25, -0.2) is 4.79 Å². The lowest BCUT2D eigenvalue weighted by Crippen LogP contribution is -2.17. The molecule has 0 fully saturated rings. The second kappa shape index (κ2) is 10.2. The van der Waals surface area contributed by atoms with Gasteiger partial charge in [0.15, 0.2) is 17.3 Å². The summed E-state index contributed by atoms with van der Waals surface area (Å²) in [5.41, 5.74) is 5.84. The molecule has 2 aromatic heterocycles. The minimum absolute atomic E-state index is 0.00322. The number of carbonyl (C=O) groups excluding carboxylic acids is 3. The van der Waals surface area contributed by atoms with Gasteiger partial charge in [-0.3, -0.25) is 9.59 Å². The Hall–Kier alpha value is -3.79. The average molecular weight is 473 g/mol. The van der Waals surface area contributed by atoms with Crippen LogP contribution in [0.3, 0.4) is 0 Å². The van der Waals surface area contributed by atoms with Gasteiger partial charge in [0, 0.05) is 0 Å². The molecule has 10 heteroatoms. The van der Waals surface area contributed by atoms with Crippen LogP contribution in [-0.4, -0.2) is 31.0 Å². The van der Waals surface area contributed by atoms with E-state index in [1.165, 1.54) is 6.07 Å². The molecule has 0 saturated heterocycles. The number of anilines is 1. The van der Waals surface area contributed by atoms with Gasteiger partial charge < -0.3 is 29.7 Å². The van der Waals surface area contributed by atoms with Crippen molar-refractivity contribution >= 4 is 34.1 Å². The zero-order valence-corrected chi connectivity index (χ0v) is 19.4. The van der Waals surface area contributed by atoms with Gasteiger partial charge in [-0.1, -0.05) is 12.1 Å². The van der Waals surface area contributed by atoms with E-state index in [9.17, 15) is 14.4 Å². The molecule has 2 heterocycles. The lowest BCUT2D eigenvalue weighted by molar-refractivity contribution is 0.0379. The topological polar surface area (TPSA) is 130 Å². The molecule has 0 atom stereocenters. The number of thiophene rings is 1. The summed E-state index contributed by atoms with van der Waals surface area (Å²) in [6.45, 7) is 5.04. The van der Waals surface area contributed by atoms with Crippen LogP contribution >= 0.6 is 11.3 Å². The lowest BCUT2D eigenvalue weighted by Gasteiger charge is -2.10. The molecule has 0 aliphatic rings. The minimum atomic E-state index is -0.703. The Morgan fingerprint density at radius 2 is 1.82 bits per heavy atom. The third kappa shape index (κ3) is 5.53. The quantitative estimate of drug-likeness (QED) is 0.447. The van der Waals surface area contributed by atoms with Crippen molar-refractivity contribution < 1.29 is 33.0 Å². The van der Waals surface area contributed by atoms with Crippen molar-refractivity contribution in [3.8, 4) is 11.5 Å². The molecular formula is C23H24N2O7S. The van der Waals surface area contributed by atoms with E-state index in [2.05, 4.69) is 5.32 Å². The highest BCUT2D eigenvalue weighted by Crippen LogP contribution is 2.34. The van der Waals surface area contributed by atoms with E-state index in [0.29, 0.717) is 22.8 Å². The van der Waals surface area contributed by atoms with Crippen LogP contribution in [0.4, 0.5) is 5.00 Å². The number of rotatable bonds is 9. The van der Waals surface area contributed by atoms with Gasteiger partial charge in [0.1, 0.15) is 17.4 Å². The molecule has 0 radical (unpaired) electrons. The summed E-state index contributed by atoms with van der Waals surface area (Å²) < 4.78 is 21.8. The normalized spacial score (nSPS) is 10.7. The predicted octanol–water partition coefficient (Wildman–Crippen LogP) is 4.15. The van der Waals surface area contributed by atoms with Crippen LogP contribution in [0.1, 0.15) is 55.8 Å². The second-order valence-electron chi connectivity index (χ2n) is 7.24. The number of hydrogen-bond donors (Lipinski definition) is 2. The van der Waals surface area contributed by atoms with Gasteiger partial charge in [0.25, 0.3) is 11.8 Å². The van der Waals surface area contributed by atoms with E-state index in [-0.39, 0.29) is 33.9 Å². The van der Waals surface area contributed by atoms with Crippen molar-refractivity contribution in [1.82, 2.24) is 0 Å². The van der Waals surface area contributed by atoms with E-state index in [0.717, 1.165) is 11.3 Å². The number of esters is 1. The van der Waals surface area contributed by atoms with Gasteiger partial charge in [0.05, 0.1) is 23.7 Å². The fourth-order valence-corrected chi connectivity index (χ4v) is 4.03. The van der Waals surface area contributed by atoms with E-state index in [1.807, 2.05) is 12.1 Å². The summed E-state index contributed by atoms with van der Waals surface area (Å²) in [5, 5.41) is 2.77. The minimum Gasteiger partial charge on any atom is -0.493 e. The number of ether oxygens (including phenoxy) is 3. The summed E-state index contributed by atoms with van der Waals surface area (Å²) in [6.07, 6.45) is -0.381. The smallest absolute Gasteiger partial charge is 0.341 e. The zero-order chi connectivity index (χ0) is 24.1. The number of nitrogens with one attached hydrogen (secondary N) is 1. The van der Waals surface area contributed by atoms with Crippen LogP contribution in [0.5, 0.6) is 11.5 Å². The van der Waals surface area contributed by atoms with Crippen molar-refractivity contribution in [2.75, 3.05) is 12.4 Å². The summed E-state index contributed by atoms with van der Waals surface area (Å²) in [4.78, 5) is 37.2. The molecule has 3 rings (SSSR count). The van der Waals surface area contributed by atoms with Crippen molar-refractivity contribution in [2.24, 2.45) is 5.73 Å². The predicted molar refractivity (Wildman–Crippen MR) is 122 cm³/mol. The summed E-state index contributed by atoms with van der Waals surface area (Å²) in [7, 11) is 1.54. The maximum atomic E-state index is 12.8. The first-order chi connectivity index (χ1) is 15.7. The van der Waals surface area contributed by atoms with Gasteiger partial charge in [0.2, 0.25) is 0 Å². The van der Waals surface area contributed by atoms with Crippen LogP contribution in [0.25, 0.3) is 0 Å². The zero-order valence-electron chi connectivity index (χ0n) is 18.6. The number of para-hydroxylation sites is 2. The van der Waals surface area contributed by atoms with Crippen LogP contribution in [-0.2, 0) is 11.3 Å². The SMILES string of the molecule is COc1ccccc1OCc1ccc(C(=O)Nc2sc(C(N)=O)c(C)c2C(=O)OC(C)C)o1. The van der Waals surface area contributed by atoms with Gasteiger partial charge >= 0.3 is 5.97 Å². The van der Waals surface area contributed by atoms with Crippen molar-refractivity contribution in [3.63, 3.8) is 0 Å². The number of carbonyl (C=O) groups is 3. The molecule has 0 unspecified atom stereocenters. The maximum Gasteiger partial charge on any atom is 0.341 e. The highest BCUT2D eigenvalue weighted by atomic mass is 32.1. The first-order valence-corrected chi connectivity index (χ1v) is 10.8. The Bertz CT molecular complexity index is 1180. The standard InChI is InChI=1S/C23H24N2O7S/c1-12(2)31-23(28)18-13(3)19(20(24)26)33-22(18)25-21(27)17-10-9-14(32-17)11-30-16-8-6-5-7-15(16)29-4/h5-10,12H,11H2,1-4H3,(H2,24,26)(H,25,27). The van der Waals surface area contributed by atoms with E-state index in [1.54, 1.807) is 46.1 Å². The summed E-state index contributed by atoms with van der Waals surface area (Å²) in [6, 6.07) is 10.2. The second-order valence-corrected chi connectivity index (χ2v) is 8.26. The van der Waals surface area contributed by atoms with Crippen molar-refractivity contribution in [2.45, 2.75) is 33.5 Å². The first kappa shape index (κ1) is 23.9. The number of furan rings is 1. The third-order valence-electron chi connectivity index (χ3n) is 4.47.